The fourth-order valence-electron chi connectivity index (χ4n) is 3.76. The highest BCUT2D eigenvalue weighted by atomic mass is 19.1. The lowest BCUT2D eigenvalue weighted by Gasteiger charge is -2.20. The summed E-state index contributed by atoms with van der Waals surface area (Å²) in [6.07, 6.45) is 3.03. The van der Waals surface area contributed by atoms with Gasteiger partial charge in [0.05, 0.1) is 37.7 Å². The van der Waals surface area contributed by atoms with E-state index >= 15 is 0 Å². The number of halogens is 2. The number of aryl methyl sites for hydroxylation is 2. The van der Waals surface area contributed by atoms with Crippen LogP contribution in [0.3, 0.4) is 0 Å². The van der Waals surface area contributed by atoms with E-state index in [0.717, 1.165) is 6.20 Å². The maximum atomic E-state index is 14.3. The van der Waals surface area contributed by atoms with Gasteiger partial charge in [-0.3, -0.25) is 4.79 Å². The number of aromatic nitrogens is 3. The van der Waals surface area contributed by atoms with Crippen molar-refractivity contribution in [2.45, 2.75) is 25.7 Å². The van der Waals surface area contributed by atoms with Crippen LogP contribution in [0, 0.1) is 31.4 Å². The number of amides is 1. The summed E-state index contributed by atoms with van der Waals surface area (Å²) in [6, 6.07) is 6.95. The van der Waals surface area contributed by atoms with Gasteiger partial charge in [-0.2, -0.15) is 0 Å². The lowest BCUT2D eigenvalue weighted by Crippen LogP contribution is -2.27. The van der Waals surface area contributed by atoms with Crippen molar-refractivity contribution >= 4 is 11.7 Å². The third-order valence-electron chi connectivity index (χ3n) is 5.59. The summed E-state index contributed by atoms with van der Waals surface area (Å²) in [6.45, 7) is 3.70. The molecule has 2 aromatic heterocycles. The molecule has 7 nitrogen and oxygen atoms in total. The highest BCUT2D eigenvalue weighted by molar-refractivity contribution is 5.95. The quantitative estimate of drug-likeness (QED) is 0.602. The molecule has 2 heterocycles. The standard InChI is InChI=1S/C23H22F2N4O3/c1-13-20(11-26-14(2)28-13)32-12-23(15-6-17(25)8-18(7-15)31-3)9-19(23)22(30)29-21-5-4-16(24)10-27-21/h4-8,10-11,19H,9,12H2,1-3H3,(H,27,29,30)/t19-,23+/m0/s1. The highest BCUT2D eigenvalue weighted by Crippen LogP contribution is 2.55. The fourth-order valence-corrected chi connectivity index (χ4v) is 3.76. The van der Waals surface area contributed by atoms with Gasteiger partial charge < -0.3 is 14.8 Å². The first-order valence-electron chi connectivity index (χ1n) is 10.0. The molecule has 0 aliphatic heterocycles. The van der Waals surface area contributed by atoms with Crippen molar-refractivity contribution in [1.29, 1.82) is 0 Å². The smallest absolute Gasteiger partial charge is 0.229 e. The Bertz CT molecular complexity index is 1160. The van der Waals surface area contributed by atoms with Crippen LogP contribution in [0.5, 0.6) is 11.5 Å². The maximum absolute atomic E-state index is 14.3. The Kier molecular flexibility index (Phi) is 5.73. The zero-order valence-electron chi connectivity index (χ0n) is 17.9. The molecule has 1 aliphatic carbocycles. The minimum absolute atomic E-state index is 0.113. The Morgan fingerprint density at radius 3 is 2.66 bits per heavy atom. The first-order chi connectivity index (χ1) is 15.3. The molecule has 1 fully saturated rings. The van der Waals surface area contributed by atoms with Crippen molar-refractivity contribution in [2.75, 3.05) is 19.0 Å². The minimum Gasteiger partial charge on any atom is -0.497 e. The average Bonchev–Trinajstić information content (AvgIpc) is 3.50. The van der Waals surface area contributed by atoms with Gasteiger partial charge in [-0.25, -0.2) is 23.7 Å². The molecule has 1 amide bonds. The SMILES string of the molecule is COc1cc(F)cc([C@]2(COc3cnc(C)nc3C)C[C@H]2C(=O)Nc2ccc(F)cn2)c1. The summed E-state index contributed by atoms with van der Waals surface area (Å²) in [4.78, 5) is 25.3. The molecule has 1 aromatic carbocycles. The van der Waals surface area contributed by atoms with Crippen LogP contribution in [0.4, 0.5) is 14.6 Å². The number of anilines is 1. The number of hydrogen-bond acceptors (Lipinski definition) is 6. The lowest BCUT2D eigenvalue weighted by atomic mass is 9.93. The van der Waals surface area contributed by atoms with Crippen LogP contribution in [0.2, 0.25) is 0 Å². The summed E-state index contributed by atoms with van der Waals surface area (Å²) in [7, 11) is 1.45. The molecule has 0 unspecified atom stereocenters. The van der Waals surface area contributed by atoms with Crippen LogP contribution >= 0.6 is 0 Å². The van der Waals surface area contributed by atoms with Gasteiger partial charge in [-0.05, 0) is 50.1 Å². The highest BCUT2D eigenvalue weighted by Gasteiger charge is 2.60. The van der Waals surface area contributed by atoms with E-state index in [1.165, 1.54) is 31.4 Å². The number of pyridine rings is 1. The number of carbonyl (C=O) groups is 1. The van der Waals surface area contributed by atoms with E-state index in [-0.39, 0.29) is 18.3 Å². The van der Waals surface area contributed by atoms with Crippen molar-refractivity contribution in [1.82, 2.24) is 15.0 Å². The molecule has 1 saturated carbocycles. The topological polar surface area (TPSA) is 86.2 Å². The van der Waals surface area contributed by atoms with Gasteiger partial charge in [-0.1, -0.05) is 0 Å². The first kappa shape index (κ1) is 21.6. The largest absolute Gasteiger partial charge is 0.497 e. The van der Waals surface area contributed by atoms with Crippen LogP contribution in [0.15, 0.2) is 42.7 Å². The molecule has 0 bridgehead atoms. The molecule has 166 valence electrons. The Morgan fingerprint density at radius 2 is 1.97 bits per heavy atom. The van der Waals surface area contributed by atoms with Gasteiger partial charge >= 0.3 is 0 Å². The predicted octanol–water partition coefficient (Wildman–Crippen LogP) is 3.75. The molecular weight excluding hydrogens is 418 g/mol. The van der Waals surface area contributed by atoms with E-state index in [2.05, 4.69) is 20.3 Å². The number of hydrogen-bond donors (Lipinski definition) is 1. The lowest BCUT2D eigenvalue weighted by molar-refractivity contribution is -0.117. The molecular formula is C23H22F2N4O3. The van der Waals surface area contributed by atoms with Crippen LogP contribution in [-0.2, 0) is 10.2 Å². The molecule has 1 N–H and O–H groups in total. The number of ether oxygens (including phenoxy) is 2. The zero-order valence-corrected chi connectivity index (χ0v) is 17.9. The normalized spacial score (nSPS) is 19.3. The van der Waals surface area contributed by atoms with Gasteiger partial charge in [0, 0.05) is 11.5 Å². The second-order valence-corrected chi connectivity index (χ2v) is 7.80. The van der Waals surface area contributed by atoms with Crippen molar-refractivity contribution in [3.8, 4) is 11.5 Å². The molecule has 3 aromatic rings. The van der Waals surface area contributed by atoms with E-state index in [1.54, 1.807) is 26.1 Å². The number of benzene rings is 1. The van der Waals surface area contributed by atoms with E-state index in [9.17, 15) is 13.6 Å². The summed E-state index contributed by atoms with van der Waals surface area (Å²) >= 11 is 0. The van der Waals surface area contributed by atoms with E-state index in [0.29, 0.717) is 35.0 Å². The molecule has 0 saturated heterocycles. The van der Waals surface area contributed by atoms with Crippen LogP contribution < -0.4 is 14.8 Å². The number of rotatable bonds is 7. The summed E-state index contributed by atoms with van der Waals surface area (Å²) in [5, 5.41) is 2.69. The van der Waals surface area contributed by atoms with Gasteiger partial charge in [0.2, 0.25) is 5.91 Å². The molecule has 1 aliphatic rings. The van der Waals surface area contributed by atoms with Gasteiger partial charge in [0.25, 0.3) is 0 Å². The van der Waals surface area contributed by atoms with Gasteiger partial charge in [-0.15, -0.1) is 0 Å². The van der Waals surface area contributed by atoms with Crippen LogP contribution in [-0.4, -0.2) is 34.6 Å². The fraction of sp³-hybridized carbons (Fsp3) is 0.304. The number of nitrogens with zero attached hydrogens (tertiary/aromatic N) is 3. The van der Waals surface area contributed by atoms with Gasteiger partial charge in [0.15, 0.2) is 5.75 Å². The molecule has 32 heavy (non-hydrogen) atoms. The Labute approximate surface area is 183 Å². The molecule has 9 heteroatoms. The summed E-state index contributed by atoms with van der Waals surface area (Å²) in [5.74, 6) is -0.0994. The average molecular weight is 440 g/mol. The maximum Gasteiger partial charge on any atom is 0.229 e. The molecule has 2 atom stereocenters. The van der Waals surface area contributed by atoms with Gasteiger partial charge in [0.1, 0.15) is 29.0 Å². The van der Waals surface area contributed by atoms with Crippen molar-refractivity contribution in [3.63, 3.8) is 0 Å². The zero-order chi connectivity index (χ0) is 22.9. The Balaban J connectivity index is 1.61. The Hall–Kier alpha value is -3.62. The predicted molar refractivity (Wildman–Crippen MR) is 113 cm³/mol. The number of methoxy groups -OCH3 is 1. The first-order valence-corrected chi connectivity index (χ1v) is 10.0. The minimum atomic E-state index is -0.781. The number of carbonyl (C=O) groups excluding carboxylic acids is 1. The summed E-state index contributed by atoms with van der Waals surface area (Å²) in [5.41, 5.74) is 0.477. The van der Waals surface area contributed by atoms with E-state index in [4.69, 9.17) is 9.47 Å². The monoisotopic (exact) mass is 440 g/mol. The third-order valence-corrected chi connectivity index (χ3v) is 5.59. The van der Waals surface area contributed by atoms with E-state index in [1.807, 2.05) is 0 Å². The Morgan fingerprint density at radius 1 is 1.16 bits per heavy atom. The second kappa shape index (κ2) is 8.49. The summed E-state index contributed by atoms with van der Waals surface area (Å²) < 4.78 is 38.6. The number of nitrogens with one attached hydrogen (secondary N) is 1. The molecule has 0 radical (unpaired) electrons. The van der Waals surface area contributed by atoms with Crippen molar-refractivity contribution < 1.29 is 23.0 Å². The van der Waals surface area contributed by atoms with Crippen LogP contribution in [0.1, 0.15) is 23.5 Å². The van der Waals surface area contributed by atoms with E-state index < -0.39 is 23.0 Å². The molecule has 0 spiro atoms. The van der Waals surface area contributed by atoms with Crippen molar-refractivity contribution in [3.05, 3.63) is 71.4 Å². The third kappa shape index (κ3) is 4.37. The van der Waals surface area contributed by atoms with Crippen molar-refractivity contribution in [2.24, 2.45) is 5.92 Å². The van der Waals surface area contributed by atoms with Crippen LogP contribution in [0.25, 0.3) is 0 Å². The second-order valence-electron chi connectivity index (χ2n) is 7.80. The molecule has 4 rings (SSSR count).